The first-order chi connectivity index (χ1) is 8.00. The van der Waals surface area contributed by atoms with Gasteiger partial charge in [-0.2, -0.15) is 0 Å². The molecule has 0 aliphatic rings. The van der Waals surface area contributed by atoms with Crippen LogP contribution in [0, 0.1) is 17.6 Å². The summed E-state index contributed by atoms with van der Waals surface area (Å²) in [4.78, 5) is 0. The third kappa shape index (κ3) is 4.82. The summed E-state index contributed by atoms with van der Waals surface area (Å²) in [6, 6.07) is 3.76. The van der Waals surface area contributed by atoms with E-state index in [1.807, 2.05) is 0 Å². The fourth-order valence-corrected chi connectivity index (χ4v) is 1.88. The zero-order chi connectivity index (χ0) is 12.8. The highest BCUT2D eigenvalue weighted by molar-refractivity contribution is 5.20. The second kappa shape index (κ2) is 6.70. The van der Waals surface area contributed by atoms with Gasteiger partial charge in [0.15, 0.2) is 0 Å². The fourth-order valence-electron chi connectivity index (χ4n) is 1.88. The minimum Gasteiger partial charge on any atom is -0.327 e. The molecule has 17 heavy (non-hydrogen) atoms. The Balaban J connectivity index is 2.47. The molecule has 3 heteroatoms. The van der Waals surface area contributed by atoms with Gasteiger partial charge in [-0.15, -0.1) is 0 Å². The molecule has 0 fully saturated rings. The van der Waals surface area contributed by atoms with Crippen molar-refractivity contribution in [3.05, 3.63) is 35.4 Å². The molecule has 0 aromatic heterocycles. The van der Waals surface area contributed by atoms with E-state index in [-0.39, 0.29) is 18.0 Å². The van der Waals surface area contributed by atoms with E-state index in [4.69, 9.17) is 5.73 Å². The van der Waals surface area contributed by atoms with Crippen molar-refractivity contribution in [3.63, 3.8) is 0 Å². The molecule has 0 heterocycles. The summed E-state index contributed by atoms with van der Waals surface area (Å²) in [7, 11) is 0. The standard InChI is InChI=1S/C14H21F2N/c1-10(2)5-3-6-11(17)9-12-13(15)7-4-8-14(12)16/h4,7-8,10-11H,3,5-6,9,17H2,1-2H3. The average molecular weight is 241 g/mol. The Morgan fingerprint density at radius 2 is 1.71 bits per heavy atom. The van der Waals surface area contributed by atoms with Gasteiger partial charge < -0.3 is 5.73 Å². The van der Waals surface area contributed by atoms with Crippen LogP contribution in [-0.2, 0) is 6.42 Å². The Labute approximate surface area is 102 Å². The molecular formula is C14H21F2N. The molecule has 96 valence electrons. The molecule has 1 aromatic carbocycles. The maximum atomic E-state index is 13.4. The molecule has 1 aromatic rings. The predicted molar refractivity (Wildman–Crippen MR) is 66.7 cm³/mol. The lowest BCUT2D eigenvalue weighted by molar-refractivity contribution is 0.480. The van der Waals surface area contributed by atoms with Crippen molar-refractivity contribution in [2.75, 3.05) is 0 Å². The minimum absolute atomic E-state index is 0.115. The van der Waals surface area contributed by atoms with E-state index in [1.54, 1.807) is 0 Å². The molecule has 2 N–H and O–H groups in total. The van der Waals surface area contributed by atoms with Crippen molar-refractivity contribution in [1.82, 2.24) is 0 Å². The molecule has 1 unspecified atom stereocenters. The second-order valence-electron chi connectivity index (χ2n) is 4.99. The summed E-state index contributed by atoms with van der Waals surface area (Å²) >= 11 is 0. The number of halogens is 2. The van der Waals surface area contributed by atoms with Crippen molar-refractivity contribution in [1.29, 1.82) is 0 Å². The van der Waals surface area contributed by atoms with Gasteiger partial charge in [0.05, 0.1) is 0 Å². The zero-order valence-electron chi connectivity index (χ0n) is 10.5. The first kappa shape index (κ1) is 14.1. The minimum atomic E-state index is -0.496. The lowest BCUT2D eigenvalue weighted by Crippen LogP contribution is -2.24. The Hall–Kier alpha value is -0.960. The highest BCUT2D eigenvalue weighted by atomic mass is 19.1. The number of benzene rings is 1. The largest absolute Gasteiger partial charge is 0.327 e. The molecule has 0 bridgehead atoms. The van der Waals surface area contributed by atoms with Crippen LogP contribution in [0.3, 0.4) is 0 Å². The maximum Gasteiger partial charge on any atom is 0.129 e. The highest BCUT2D eigenvalue weighted by Crippen LogP contribution is 2.16. The van der Waals surface area contributed by atoms with Crippen LogP contribution in [0.1, 0.15) is 38.7 Å². The summed E-state index contributed by atoms with van der Waals surface area (Å²) < 4.78 is 26.7. The van der Waals surface area contributed by atoms with Crippen molar-refractivity contribution >= 4 is 0 Å². The molecule has 1 atom stereocenters. The number of nitrogens with two attached hydrogens (primary N) is 1. The van der Waals surface area contributed by atoms with E-state index >= 15 is 0 Å². The third-order valence-electron chi connectivity index (χ3n) is 2.88. The van der Waals surface area contributed by atoms with Crippen LogP contribution in [0.15, 0.2) is 18.2 Å². The van der Waals surface area contributed by atoms with Gasteiger partial charge >= 0.3 is 0 Å². The van der Waals surface area contributed by atoms with Crippen LogP contribution >= 0.6 is 0 Å². The smallest absolute Gasteiger partial charge is 0.129 e. The van der Waals surface area contributed by atoms with Gasteiger partial charge in [0.1, 0.15) is 11.6 Å². The number of rotatable bonds is 6. The van der Waals surface area contributed by atoms with E-state index < -0.39 is 11.6 Å². The van der Waals surface area contributed by atoms with Crippen LogP contribution < -0.4 is 5.73 Å². The van der Waals surface area contributed by atoms with Gasteiger partial charge in [-0.1, -0.05) is 32.8 Å². The molecule has 0 amide bonds. The van der Waals surface area contributed by atoms with Crippen LogP contribution in [0.4, 0.5) is 8.78 Å². The van der Waals surface area contributed by atoms with Crippen LogP contribution in [0.25, 0.3) is 0 Å². The van der Waals surface area contributed by atoms with Gasteiger partial charge in [0.25, 0.3) is 0 Å². The summed E-state index contributed by atoms with van der Waals surface area (Å²) in [5.74, 6) is -0.346. The van der Waals surface area contributed by atoms with E-state index in [1.165, 1.54) is 18.2 Å². The van der Waals surface area contributed by atoms with Gasteiger partial charge in [-0.05, 0) is 30.9 Å². The summed E-state index contributed by atoms with van der Waals surface area (Å²) in [5, 5.41) is 0. The van der Waals surface area contributed by atoms with Crippen molar-refractivity contribution in [2.24, 2.45) is 11.7 Å². The molecule has 0 spiro atoms. The van der Waals surface area contributed by atoms with E-state index in [0.717, 1.165) is 19.3 Å². The van der Waals surface area contributed by atoms with Crippen molar-refractivity contribution in [2.45, 2.75) is 45.6 Å². The molecule has 0 saturated carbocycles. The summed E-state index contributed by atoms with van der Waals surface area (Å²) in [5.41, 5.74) is 6.01. The fraction of sp³-hybridized carbons (Fsp3) is 0.571. The lowest BCUT2D eigenvalue weighted by Gasteiger charge is -2.13. The SMILES string of the molecule is CC(C)CCCC(N)Cc1c(F)cccc1F. The van der Waals surface area contributed by atoms with Gasteiger partial charge in [-0.25, -0.2) is 8.78 Å². The Bertz CT molecular complexity index is 330. The van der Waals surface area contributed by atoms with Crippen molar-refractivity contribution in [3.8, 4) is 0 Å². The summed E-state index contributed by atoms with van der Waals surface area (Å²) in [6.07, 6.45) is 3.20. The Morgan fingerprint density at radius 1 is 1.12 bits per heavy atom. The quantitative estimate of drug-likeness (QED) is 0.808. The number of hydrogen-bond donors (Lipinski definition) is 1. The molecule has 0 radical (unpaired) electrons. The lowest BCUT2D eigenvalue weighted by atomic mass is 9.98. The Morgan fingerprint density at radius 3 is 2.24 bits per heavy atom. The Kier molecular flexibility index (Phi) is 5.56. The first-order valence-electron chi connectivity index (χ1n) is 6.19. The monoisotopic (exact) mass is 241 g/mol. The van der Waals surface area contributed by atoms with Crippen LogP contribution in [0.2, 0.25) is 0 Å². The topological polar surface area (TPSA) is 26.0 Å². The molecule has 0 saturated heterocycles. The first-order valence-corrected chi connectivity index (χ1v) is 6.19. The van der Waals surface area contributed by atoms with E-state index in [9.17, 15) is 8.78 Å². The van der Waals surface area contributed by atoms with Gasteiger partial charge in [0.2, 0.25) is 0 Å². The van der Waals surface area contributed by atoms with Gasteiger partial charge in [-0.3, -0.25) is 0 Å². The van der Waals surface area contributed by atoms with Crippen LogP contribution in [-0.4, -0.2) is 6.04 Å². The highest BCUT2D eigenvalue weighted by Gasteiger charge is 2.12. The molecule has 1 nitrogen and oxygen atoms in total. The number of hydrogen-bond acceptors (Lipinski definition) is 1. The third-order valence-corrected chi connectivity index (χ3v) is 2.88. The molecule has 0 aliphatic heterocycles. The second-order valence-corrected chi connectivity index (χ2v) is 4.99. The predicted octanol–water partition coefficient (Wildman–Crippen LogP) is 3.66. The van der Waals surface area contributed by atoms with Gasteiger partial charge in [0, 0.05) is 11.6 Å². The summed E-state index contributed by atoms with van der Waals surface area (Å²) in [6.45, 7) is 4.31. The molecular weight excluding hydrogens is 220 g/mol. The van der Waals surface area contributed by atoms with E-state index in [0.29, 0.717) is 5.92 Å². The normalized spacial score (nSPS) is 13.1. The van der Waals surface area contributed by atoms with Crippen molar-refractivity contribution < 1.29 is 8.78 Å². The average Bonchev–Trinajstić information content (AvgIpc) is 2.23. The van der Waals surface area contributed by atoms with E-state index in [2.05, 4.69) is 13.8 Å². The molecule has 0 aliphatic carbocycles. The van der Waals surface area contributed by atoms with Crippen LogP contribution in [0.5, 0.6) is 0 Å². The maximum absolute atomic E-state index is 13.4. The molecule has 1 rings (SSSR count). The zero-order valence-corrected chi connectivity index (χ0v) is 10.5.